The monoisotopic (exact) mass is 354 g/mol. The van der Waals surface area contributed by atoms with Gasteiger partial charge in [0.25, 0.3) is 0 Å². The normalized spacial score (nSPS) is 21.6. The zero-order valence-electron chi connectivity index (χ0n) is 13.8. The molecular formula is C20H24N2P2. The Morgan fingerprint density at radius 2 is 1.12 bits per heavy atom. The Labute approximate surface area is 149 Å². The predicted molar refractivity (Wildman–Crippen MR) is 113 cm³/mol. The Morgan fingerprint density at radius 1 is 0.708 bits per heavy atom. The van der Waals surface area contributed by atoms with E-state index < -0.39 is 0 Å². The third-order valence-electron chi connectivity index (χ3n) is 4.50. The summed E-state index contributed by atoms with van der Waals surface area (Å²) in [5.74, 6) is 0. The van der Waals surface area contributed by atoms with Crippen molar-refractivity contribution >= 4 is 41.5 Å². The fraction of sp³-hybridized carbons (Fsp3) is 0.300. The van der Waals surface area contributed by atoms with Crippen LogP contribution in [-0.4, -0.2) is 24.5 Å². The molecule has 1 saturated carbocycles. The molecule has 0 N–H and O–H groups in total. The highest BCUT2D eigenvalue weighted by Crippen LogP contribution is 2.24. The van der Waals surface area contributed by atoms with Gasteiger partial charge in [0.1, 0.15) is 0 Å². The highest BCUT2D eigenvalue weighted by atomic mass is 31.0. The molecule has 1 fully saturated rings. The van der Waals surface area contributed by atoms with E-state index in [4.69, 9.17) is 9.98 Å². The minimum atomic E-state index is 0.288. The molecule has 2 aromatic carbocycles. The van der Waals surface area contributed by atoms with Crippen molar-refractivity contribution in [2.75, 3.05) is 0 Å². The van der Waals surface area contributed by atoms with E-state index in [1.165, 1.54) is 34.6 Å². The molecule has 0 radical (unpaired) electrons. The number of nitrogens with zero attached hydrogens (tertiary/aromatic N) is 2. The van der Waals surface area contributed by atoms with Gasteiger partial charge in [-0.25, -0.2) is 0 Å². The van der Waals surface area contributed by atoms with Crippen LogP contribution in [-0.2, 0) is 0 Å². The molecule has 2 aromatic rings. The zero-order valence-corrected chi connectivity index (χ0v) is 16.1. The van der Waals surface area contributed by atoms with Gasteiger partial charge in [0.05, 0.1) is 12.1 Å². The summed E-state index contributed by atoms with van der Waals surface area (Å²) < 4.78 is 0. The lowest BCUT2D eigenvalue weighted by Gasteiger charge is -2.25. The Kier molecular flexibility index (Phi) is 6.30. The van der Waals surface area contributed by atoms with Gasteiger partial charge in [-0.1, -0.05) is 61.4 Å². The van der Waals surface area contributed by atoms with Crippen LogP contribution in [0.3, 0.4) is 0 Å². The van der Waals surface area contributed by atoms with Gasteiger partial charge >= 0.3 is 0 Å². The molecule has 0 saturated heterocycles. The molecule has 0 aromatic heterocycles. The van der Waals surface area contributed by atoms with Crippen molar-refractivity contribution in [1.82, 2.24) is 0 Å². The van der Waals surface area contributed by atoms with E-state index in [9.17, 15) is 0 Å². The topological polar surface area (TPSA) is 24.7 Å². The molecule has 4 heteroatoms. The first-order valence-corrected chi connectivity index (χ1v) is 9.65. The molecule has 3 rings (SSSR count). The van der Waals surface area contributed by atoms with Crippen LogP contribution in [0.25, 0.3) is 0 Å². The number of aliphatic imine (C=N–C) groups is 2. The lowest BCUT2D eigenvalue weighted by molar-refractivity contribution is 0.390. The average Bonchev–Trinajstić information content (AvgIpc) is 2.61. The lowest BCUT2D eigenvalue weighted by Crippen LogP contribution is -2.27. The summed E-state index contributed by atoms with van der Waals surface area (Å²) in [5.41, 5.74) is 2.34. The highest BCUT2D eigenvalue weighted by molar-refractivity contribution is 7.28. The maximum atomic E-state index is 4.87. The van der Waals surface area contributed by atoms with E-state index in [-0.39, 0.29) is 12.1 Å². The number of rotatable bonds is 4. The van der Waals surface area contributed by atoms with Crippen LogP contribution in [0, 0.1) is 0 Å². The lowest BCUT2D eigenvalue weighted by atomic mass is 9.91. The van der Waals surface area contributed by atoms with Crippen LogP contribution in [0.15, 0.2) is 58.5 Å². The highest BCUT2D eigenvalue weighted by Gasteiger charge is 2.23. The first-order chi connectivity index (χ1) is 11.7. The largest absolute Gasteiger partial charge is 0.287 e. The second-order valence-electron chi connectivity index (χ2n) is 6.23. The Balaban J connectivity index is 1.74. The number of hydrogen-bond acceptors (Lipinski definition) is 2. The van der Waals surface area contributed by atoms with Crippen molar-refractivity contribution in [2.45, 2.75) is 37.8 Å². The summed E-state index contributed by atoms with van der Waals surface area (Å²) in [5, 5.41) is 2.38. The molecule has 0 amide bonds. The second-order valence-corrected chi connectivity index (χ2v) is 7.48. The van der Waals surface area contributed by atoms with Crippen LogP contribution >= 0.6 is 18.5 Å². The van der Waals surface area contributed by atoms with E-state index in [1.54, 1.807) is 0 Å². The van der Waals surface area contributed by atoms with Gasteiger partial charge in [-0.2, -0.15) is 0 Å². The van der Waals surface area contributed by atoms with E-state index in [2.05, 4.69) is 54.9 Å². The van der Waals surface area contributed by atoms with Gasteiger partial charge in [-0.15, -0.1) is 18.5 Å². The molecule has 0 spiro atoms. The predicted octanol–water partition coefficient (Wildman–Crippen LogP) is 3.54. The first-order valence-electron chi connectivity index (χ1n) is 8.49. The molecule has 1 aliphatic rings. The van der Waals surface area contributed by atoms with Crippen molar-refractivity contribution in [1.29, 1.82) is 0 Å². The van der Waals surface area contributed by atoms with E-state index in [0.29, 0.717) is 0 Å². The van der Waals surface area contributed by atoms with Crippen LogP contribution in [0.5, 0.6) is 0 Å². The van der Waals surface area contributed by atoms with Crippen molar-refractivity contribution in [3.8, 4) is 0 Å². The first kappa shape index (κ1) is 17.5. The molecule has 124 valence electrons. The van der Waals surface area contributed by atoms with E-state index >= 15 is 0 Å². The summed E-state index contributed by atoms with van der Waals surface area (Å²) >= 11 is 0. The van der Waals surface area contributed by atoms with Crippen LogP contribution in [0.2, 0.25) is 0 Å². The summed E-state index contributed by atoms with van der Waals surface area (Å²) in [6.07, 6.45) is 8.78. The Morgan fingerprint density at radius 3 is 1.54 bits per heavy atom. The summed E-state index contributed by atoms with van der Waals surface area (Å²) in [6, 6.07) is 17.2. The van der Waals surface area contributed by atoms with Gasteiger partial charge in [0.15, 0.2) is 0 Å². The van der Waals surface area contributed by atoms with Gasteiger partial charge in [0.2, 0.25) is 0 Å². The number of hydrogen-bond donors (Lipinski definition) is 0. The molecule has 0 aliphatic heterocycles. The van der Waals surface area contributed by atoms with Gasteiger partial charge in [-0.05, 0) is 34.6 Å². The third kappa shape index (κ3) is 4.59. The molecule has 4 unspecified atom stereocenters. The zero-order chi connectivity index (χ0) is 16.8. The summed E-state index contributed by atoms with van der Waals surface area (Å²) in [6.45, 7) is 0. The second kappa shape index (κ2) is 8.65. The van der Waals surface area contributed by atoms with Gasteiger partial charge < -0.3 is 0 Å². The molecule has 0 bridgehead atoms. The third-order valence-corrected chi connectivity index (χ3v) is 5.55. The smallest absolute Gasteiger partial charge is 0.0723 e. The standard InChI is InChI=1S/C20H24N2P2/c23-19-11-5-1-7-15(19)13-21-17-9-3-4-10-18(17)22-14-16-8-2-6-12-20(16)24/h1-2,5-8,11-14,17-18H,3-4,9-10,23-24H2. The SMILES string of the molecule is Pc1ccccc1C=NC1CCCCC1N=Cc1ccccc1P. The minimum absolute atomic E-state index is 0.288. The van der Waals surface area contributed by atoms with Crippen molar-refractivity contribution in [2.24, 2.45) is 9.98 Å². The molecule has 1 aliphatic carbocycles. The fourth-order valence-electron chi connectivity index (χ4n) is 3.05. The summed E-state index contributed by atoms with van der Waals surface area (Å²) in [7, 11) is 5.55. The Bertz CT molecular complexity index is 676. The van der Waals surface area contributed by atoms with Gasteiger partial charge in [0, 0.05) is 12.4 Å². The quantitative estimate of drug-likeness (QED) is 0.593. The van der Waals surface area contributed by atoms with E-state index in [0.717, 1.165) is 12.8 Å². The maximum Gasteiger partial charge on any atom is 0.0723 e. The van der Waals surface area contributed by atoms with Crippen LogP contribution in [0.4, 0.5) is 0 Å². The molecule has 24 heavy (non-hydrogen) atoms. The van der Waals surface area contributed by atoms with Crippen LogP contribution < -0.4 is 10.6 Å². The molecule has 4 atom stereocenters. The fourth-order valence-corrected chi connectivity index (χ4v) is 3.61. The van der Waals surface area contributed by atoms with Crippen molar-refractivity contribution in [3.05, 3.63) is 59.7 Å². The van der Waals surface area contributed by atoms with Crippen LogP contribution in [0.1, 0.15) is 36.8 Å². The number of benzene rings is 2. The van der Waals surface area contributed by atoms with Crippen molar-refractivity contribution in [3.63, 3.8) is 0 Å². The minimum Gasteiger partial charge on any atom is -0.287 e. The Hall–Kier alpha value is -1.36. The van der Waals surface area contributed by atoms with E-state index in [1.807, 2.05) is 24.6 Å². The molecule has 0 heterocycles. The van der Waals surface area contributed by atoms with Gasteiger partial charge in [-0.3, -0.25) is 9.98 Å². The molecule has 2 nitrogen and oxygen atoms in total. The average molecular weight is 354 g/mol. The maximum absolute atomic E-state index is 4.87. The molecular weight excluding hydrogens is 330 g/mol. The summed E-state index contributed by atoms with van der Waals surface area (Å²) in [4.78, 5) is 9.75. The van der Waals surface area contributed by atoms with Crippen molar-refractivity contribution < 1.29 is 0 Å².